The molecule has 0 unspecified atom stereocenters. The summed E-state index contributed by atoms with van der Waals surface area (Å²) in [7, 11) is 0. The average molecular weight is 151 g/mol. The summed E-state index contributed by atoms with van der Waals surface area (Å²) >= 11 is 0. The Morgan fingerprint density at radius 1 is 1.82 bits per heavy atom. The summed E-state index contributed by atoms with van der Waals surface area (Å²) in [6.07, 6.45) is 2.84. The van der Waals surface area contributed by atoms with Crippen LogP contribution in [0.15, 0.2) is 30.2 Å². The first kappa shape index (κ1) is 7.60. The van der Waals surface area contributed by atoms with Crippen molar-refractivity contribution in [2.75, 3.05) is 0 Å². The molecule has 1 heterocycles. The van der Waals surface area contributed by atoms with Crippen LogP contribution in [0.25, 0.3) is 5.76 Å². The number of nitrogens with zero attached hydrogens (tertiary/aromatic N) is 1. The van der Waals surface area contributed by atoms with E-state index in [1.807, 2.05) is 6.92 Å². The van der Waals surface area contributed by atoms with Gasteiger partial charge in [-0.1, -0.05) is 18.3 Å². The third kappa shape index (κ3) is 1.49. The highest BCUT2D eigenvalue weighted by molar-refractivity contribution is 5.56. The minimum Gasteiger partial charge on any atom is -0.464 e. The molecular formula is C8H9NO2. The van der Waals surface area contributed by atoms with Gasteiger partial charge >= 0.3 is 0 Å². The highest BCUT2D eigenvalue weighted by atomic mass is 16.5. The molecule has 1 aromatic heterocycles. The number of hydrogen-bond acceptors (Lipinski definition) is 3. The van der Waals surface area contributed by atoms with Gasteiger partial charge < -0.3 is 9.26 Å². The molecule has 0 fully saturated rings. The van der Waals surface area contributed by atoms with Gasteiger partial charge in [-0.3, -0.25) is 0 Å². The van der Waals surface area contributed by atoms with E-state index in [0.29, 0.717) is 11.5 Å². The first-order valence-corrected chi connectivity index (χ1v) is 3.13. The molecule has 0 atom stereocenters. The maximum absolute atomic E-state index is 4.91. The van der Waals surface area contributed by atoms with Crippen LogP contribution in [0.4, 0.5) is 0 Å². The first-order chi connectivity index (χ1) is 5.25. The molecular weight excluding hydrogens is 142 g/mol. The van der Waals surface area contributed by atoms with E-state index in [1.165, 1.54) is 12.5 Å². The van der Waals surface area contributed by atoms with Gasteiger partial charge in [-0.05, 0) is 6.92 Å². The quantitative estimate of drug-likeness (QED) is 0.620. The fourth-order valence-corrected chi connectivity index (χ4v) is 0.713. The van der Waals surface area contributed by atoms with E-state index in [0.717, 1.165) is 5.56 Å². The number of aryl methyl sites for hydroxylation is 1. The number of aromatic nitrogens is 1. The predicted molar refractivity (Wildman–Crippen MR) is 41.6 cm³/mol. The van der Waals surface area contributed by atoms with Crippen LogP contribution in [0.3, 0.4) is 0 Å². The fraction of sp³-hybridized carbons (Fsp3) is 0.125. The summed E-state index contributed by atoms with van der Waals surface area (Å²) < 4.78 is 9.60. The molecule has 0 aliphatic carbocycles. The van der Waals surface area contributed by atoms with Gasteiger partial charge in [-0.15, -0.1) is 0 Å². The van der Waals surface area contributed by atoms with Crippen molar-refractivity contribution in [3.8, 4) is 0 Å². The highest BCUT2D eigenvalue weighted by Gasteiger charge is 2.06. The second kappa shape index (κ2) is 3.05. The van der Waals surface area contributed by atoms with Crippen molar-refractivity contribution in [1.29, 1.82) is 0 Å². The molecule has 0 aliphatic heterocycles. The summed E-state index contributed by atoms with van der Waals surface area (Å²) in [5.74, 6) is 0.450. The molecule has 0 amide bonds. The van der Waals surface area contributed by atoms with Crippen molar-refractivity contribution in [1.82, 2.24) is 5.16 Å². The van der Waals surface area contributed by atoms with Crippen LogP contribution in [-0.4, -0.2) is 5.16 Å². The van der Waals surface area contributed by atoms with E-state index in [-0.39, 0.29) is 0 Å². The van der Waals surface area contributed by atoms with Gasteiger partial charge in [0, 0.05) is 5.56 Å². The van der Waals surface area contributed by atoms with E-state index in [4.69, 9.17) is 4.74 Å². The lowest BCUT2D eigenvalue weighted by Gasteiger charge is -1.98. The second-order valence-corrected chi connectivity index (χ2v) is 2.05. The monoisotopic (exact) mass is 151 g/mol. The van der Waals surface area contributed by atoms with Crippen LogP contribution in [0.2, 0.25) is 0 Å². The van der Waals surface area contributed by atoms with E-state index in [9.17, 15) is 0 Å². The van der Waals surface area contributed by atoms with Crippen molar-refractivity contribution in [3.63, 3.8) is 0 Å². The second-order valence-electron chi connectivity index (χ2n) is 2.05. The van der Waals surface area contributed by atoms with Gasteiger partial charge in [-0.25, -0.2) is 0 Å². The van der Waals surface area contributed by atoms with E-state index in [1.54, 1.807) is 0 Å². The number of rotatable bonds is 3. The van der Waals surface area contributed by atoms with Crippen molar-refractivity contribution in [2.45, 2.75) is 6.92 Å². The molecule has 0 saturated carbocycles. The maximum Gasteiger partial charge on any atom is 0.151 e. The van der Waals surface area contributed by atoms with Gasteiger partial charge in [0.2, 0.25) is 0 Å². The van der Waals surface area contributed by atoms with Crippen LogP contribution in [0, 0.1) is 6.92 Å². The Hall–Kier alpha value is -1.51. The van der Waals surface area contributed by atoms with Crippen molar-refractivity contribution >= 4 is 5.76 Å². The first-order valence-electron chi connectivity index (χ1n) is 3.13. The summed E-state index contributed by atoms with van der Waals surface area (Å²) in [6.45, 7) is 8.90. The van der Waals surface area contributed by atoms with Crippen molar-refractivity contribution in [3.05, 3.63) is 36.9 Å². The van der Waals surface area contributed by atoms with Crippen LogP contribution < -0.4 is 0 Å². The molecule has 1 aromatic rings. The zero-order valence-electron chi connectivity index (χ0n) is 6.33. The lowest BCUT2D eigenvalue weighted by Crippen LogP contribution is -1.86. The molecule has 3 nitrogen and oxygen atoms in total. The Bertz CT molecular complexity index is 275. The fourth-order valence-electron chi connectivity index (χ4n) is 0.713. The topological polar surface area (TPSA) is 35.3 Å². The smallest absolute Gasteiger partial charge is 0.151 e. The van der Waals surface area contributed by atoms with Crippen LogP contribution in [-0.2, 0) is 4.74 Å². The molecule has 1 rings (SSSR count). The SMILES string of the molecule is C=COC(=C)c1nocc1C. The summed E-state index contributed by atoms with van der Waals surface area (Å²) in [5.41, 5.74) is 1.53. The van der Waals surface area contributed by atoms with Crippen LogP contribution >= 0.6 is 0 Å². The zero-order valence-corrected chi connectivity index (χ0v) is 6.33. The van der Waals surface area contributed by atoms with E-state index >= 15 is 0 Å². The minimum atomic E-state index is 0.450. The van der Waals surface area contributed by atoms with Gasteiger partial charge in [0.25, 0.3) is 0 Å². The average Bonchev–Trinajstić information content (AvgIpc) is 2.36. The third-order valence-corrected chi connectivity index (χ3v) is 1.24. The Morgan fingerprint density at radius 3 is 3.00 bits per heavy atom. The molecule has 0 radical (unpaired) electrons. The molecule has 58 valence electrons. The standard InChI is InChI=1S/C8H9NO2/c1-4-10-7(3)8-6(2)5-11-9-8/h4-5H,1,3H2,2H3. The third-order valence-electron chi connectivity index (χ3n) is 1.24. The van der Waals surface area contributed by atoms with Crippen LogP contribution in [0.5, 0.6) is 0 Å². The minimum absolute atomic E-state index is 0.450. The normalized spacial score (nSPS) is 9.18. The largest absolute Gasteiger partial charge is 0.464 e. The zero-order chi connectivity index (χ0) is 8.27. The summed E-state index contributed by atoms with van der Waals surface area (Å²) in [5, 5.41) is 3.69. The van der Waals surface area contributed by atoms with Crippen molar-refractivity contribution in [2.24, 2.45) is 0 Å². The van der Waals surface area contributed by atoms with E-state index < -0.39 is 0 Å². The predicted octanol–water partition coefficient (Wildman–Crippen LogP) is 2.11. The van der Waals surface area contributed by atoms with Gasteiger partial charge in [0.1, 0.15) is 12.0 Å². The lowest BCUT2D eigenvalue weighted by atomic mass is 10.2. The lowest BCUT2D eigenvalue weighted by molar-refractivity contribution is 0.399. The van der Waals surface area contributed by atoms with Crippen molar-refractivity contribution < 1.29 is 9.26 Å². The molecule has 0 N–H and O–H groups in total. The van der Waals surface area contributed by atoms with Gasteiger partial charge in [0.05, 0.1) is 6.26 Å². The Labute approximate surface area is 65.0 Å². The molecule has 3 heteroatoms. The van der Waals surface area contributed by atoms with Gasteiger partial charge in [0.15, 0.2) is 5.69 Å². The Morgan fingerprint density at radius 2 is 2.55 bits per heavy atom. The maximum atomic E-state index is 4.91. The molecule has 0 saturated heterocycles. The molecule has 0 aliphatic rings. The Kier molecular flexibility index (Phi) is 2.11. The number of ether oxygens (including phenoxy) is 1. The Balaban J connectivity index is 2.83. The molecule has 11 heavy (non-hydrogen) atoms. The molecule has 0 bridgehead atoms. The number of hydrogen-bond donors (Lipinski definition) is 0. The molecule has 0 spiro atoms. The summed E-state index contributed by atoms with van der Waals surface area (Å²) in [4.78, 5) is 0. The summed E-state index contributed by atoms with van der Waals surface area (Å²) in [6, 6.07) is 0. The highest BCUT2D eigenvalue weighted by Crippen LogP contribution is 2.15. The van der Waals surface area contributed by atoms with Gasteiger partial charge in [-0.2, -0.15) is 0 Å². The van der Waals surface area contributed by atoms with E-state index in [2.05, 4.69) is 22.8 Å². The molecule has 0 aromatic carbocycles. The van der Waals surface area contributed by atoms with Crippen LogP contribution in [0.1, 0.15) is 11.3 Å².